The molecule has 0 radical (unpaired) electrons. The van der Waals surface area contributed by atoms with Gasteiger partial charge in [-0.25, -0.2) is 0 Å². The first-order valence-electron chi connectivity index (χ1n) is 6.77. The van der Waals surface area contributed by atoms with Gasteiger partial charge in [0.1, 0.15) is 0 Å². The normalized spacial score (nSPS) is 34.1. The van der Waals surface area contributed by atoms with Gasteiger partial charge >= 0.3 is 0 Å². The third kappa shape index (κ3) is 3.37. The Bertz CT molecular complexity index is 286. The van der Waals surface area contributed by atoms with Gasteiger partial charge in [-0.05, 0) is 32.6 Å². The average Bonchev–Trinajstić information content (AvgIpc) is 2.76. The third-order valence-electron chi connectivity index (χ3n) is 4.31. The summed E-state index contributed by atoms with van der Waals surface area (Å²) >= 11 is 0. The highest BCUT2D eigenvalue weighted by Gasteiger charge is 2.38. The lowest BCUT2D eigenvalue weighted by Gasteiger charge is -2.34. The number of ether oxygens (including phenoxy) is 1. The maximum absolute atomic E-state index is 12.0. The van der Waals surface area contributed by atoms with Crippen LogP contribution in [0.5, 0.6) is 0 Å². The summed E-state index contributed by atoms with van der Waals surface area (Å²) < 4.78 is 5.70. The van der Waals surface area contributed by atoms with Crippen LogP contribution in [0, 0.1) is 11.8 Å². The standard InChI is InChI=1S/C13H24N2O2.ClH/c1-8(9(2)14)13(16)15-11-4-3-5-12-10(11)6-7-17-12;/h8-12H,3-7,14H2,1-2H3,(H,15,16);1H. The highest BCUT2D eigenvalue weighted by molar-refractivity contribution is 5.85. The van der Waals surface area contributed by atoms with Crippen molar-refractivity contribution in [2.45, 2.75) is 57.7 Å². The van der Waals surface area contributed by atoms with Gasteiger partial charge in [0.15, 0.2) is 0 Å². The SMILES string of the molecule is CC(N)C(C)C(=O)NC1CCCC2OCCC12.Cl. The predicted molar refractivity (Wildman–Crippen MR) is 73.7 cm³/mol. The molecule has 1 aliphatic heterocycles. The van der Waals surface area contributed by atoms with Crippen LogP contribution in [0.3, 0.4) is 0 Å². The predicted octanol–water partition coefficient (Wildman–Crippen LogP) is 1.47. The quantitative estimate of drug-likeness (QED) is 0.820. The molecule has 5 unspecified atom stereocenters. The summed E-state index contributed by atoms with van der Waals surface area (Å²) in [5.74, 6) is 0.503. The van der Waals surface area contributed by atoms with Crippen LogP contribution in [0.2, 0.25) is 0 Å². The number of rotatable bonds is 3. The maximum atomic E-state index is 12.0. The van der Waals surface area contributed by atoms with Crippen molar-refractivity contribution in [1.82, 2.24) is 5.32 Å². The smallest absolute Gasteiger partial charge is 0.224 e. The van der Waals surface area contributed by atoms with Crippen molar-refractivity contribution in [2.24, 2.45) is 17.6 Å². The van der Waals surface area contributed by atoms with Crippen molar-refractivity contribution in [1.29, 1.82) is 0 Å². The lowest BCUT2D eigenvalue weighted by molar-refractivity contribution is -0.126. The van der Waals surface area contributed by atoms with E-state index in [4.69, 9.17) is 10.5 Å². The molecule has 1 heterocycles. The summed E-state index contributed by atoms with van der Waals surface area (Å²) in [6, 6.07) is 0.208. The zero-order valence-electron chi connectivity index (χ0n) is 11.2. The molecule has 0 aromatic rings. The molecular formula is C13H25ClN2O2. The van der Waals surface area contributed by atoms with E-state index in [9.17, 15) is 4.79 Å². The number of hydrogen-bond acceptors (Lipinski definition) is 3. The molecule has 5 heteroatoms. The molecule has 1 saturated carbocycles. The minimum Gasteiger partial charge on any atom is -0.378 e. The molecule has 0 aromatic heterocycles. The van der Waals surface area contributed by atoms with Gasteiger partial charge in [0, 0.05) is 30.5 Å². The van der Waals surface area contributed by atoms with Gasteiger partial charge in [-0.2, -0.15) is 0 Å². The van der Waals surface area contributed by atoms with Gasteiger partial charge in [-0.3, -0.25) is 4.79 Å². The Morgan fingerprint density at radius 2 is 2.06 bits per heavy atom. The van der Waals surface area contributed by atoms with E-state index in [1.165, 1.54) is 0 Å². The fourth-order valence-corrected chi connectivity index (χ4v) is 2.91. The summed E-state index contributed by atoms with van der Waals surface area (Å²) in [6.07, 6.45) is 4.85. The maximum Gasteiger partial charge on any atom is 0.224 e. The van der Waals surface area contributed by atoms with Crippen molar-refractivity contribution in [2.75, 3.05) is 6.61 Å². The molecule has 2 fully saturated rings. The number of carbonyl (C=O) groups is 1. The topological polar surface area (TPSA) is 64.4 Å². The van der Waals surface area contributed by atoms with Crippen LogP contribution in [0.15, 0.2) is 0 Å². The number of nitrogens with one attached hydrogen (secondary N) is 1. The molecule has 1 aliphatic carbocycles. The number of nitrogens with two attached hydrogens (primary N) is 1. The minimum atomic E-state index is -0.113. The third-order valence-corrected chi connectivity index (χ3v) is 4.31. The highest BCUT2D eigenvalue weighted by Crippen LogP contribution is 2.34. The molecule has 3 N–H and O–H groups in total. The molecule has 4 nitrogen and oxygen atoms in total. The lowest BCUT2D eigenvalue weighted by atomic mass is 9.81. The van der Waals surface area contributed by atoms with E-state index in [1.807, 2.05) is 13.8 Å². The molecule has 2 aliphatic rings. The van der Waals surface area contributed by atoms with Gasteiger partial charge in [-0.1, -0.05) is 6.92 Å². The van der Waals surface area contributed by atoms with Gasteiger partial charge in [-0.15, -0.1) is 12.4 Å². The summed E-state index contributed by atoms with van der Waals surface area (Å²) in [6.45, 7) is 4.63. The Morgan fingerprint density at radius 3 is 2.72 bits per heavy atom. The zero-order valence-corrected chi connectivity index (χ0v) is 12.0. The second-order valence-electron chi connectivity index (χ2n) is 5.56. The fourth-order valence-electron chi connectivity index (χ4n) is 2.91. The Kier molecular flexibility index (Phi) is 5.89. The molecule has 0 bridgehead atoms. The largest absolute Gasteiger partial charge is 0.378 e. The molecule has 5 atom stereocenters. The van der Waals surface area contributed by atoms with Crippen molar-refractivity contribution >= 4 is 18.3 Å². The van der Waals surface area contributed by atoms with E-state index in [1.54, 1.807) is 0 Å². The Morgan fingerprint density at radius 1 is 1.33 bits per heavy atom. The minimum absolute atomic E-state index is 0. The van der Waals surface area contributed by atoms with Gasteiger partial charge in [0.25, 0.3) is 0 Å². The van der Waals surface area contributed by atoms with Gasteiger partial charge < -0.3 is 15.8 Å². The molecule has 1 saturated heterocycles. The average molecular weight is 277 g/mol. The number of carbonyl (C=O) groups excluding carboxylic acids is 1. The van der Waals surface area contributed by atoms with Crippen LogP contribution in [0.1, 0.15) is 39.5 Å². The second-order valence-corrected chi connectivity index (χ2v) is 5.56. The van der Waals surface area contributed by atoms with Gasteiger partial charge in [0.2, 0.25) is 5.91 Å². The molecule has 18 heavy (non-hydrogen) atoms. The summed E-state index contributed by atoms with van der Waals surface area (Å²) in [4.78, 5) is 12.0. The fraction of sp³-hybridized carbons (Fsp3) is 0.923. The van der Waals surface area contributed by atoms with E-state index < -0.39 is 0 Å². The van der Waals surface area contributed by atoms with Crippen molar-refractivity contribution in [3.05, 3.63) is 0 Å². The van der Waals surface area contributed by atoms with E-state index in [0.717, 1.165) is 32.3 Å². The molecule has 0 aromatic carbocycles. The van der Waals surface area contributed by atoms with Crippen LogP contribution >= 0.6 is 12.4 Å². The van der Waals surface area contributed by atoms with Crippen molar-refractivity contribution in [3.63, 3.8) is 0 Å². The summed E-state index contributed by atoms with van der Waals surface area (Å²) in [5.41, 5.74) is 5.76. The van der Waals surface area contributed by atoms with Gasteiger partial charge in [0.05, 0.1) is 6.10 Å². The molecule has 0 spiro atoms. The van der Waals surface area contributed by atoms with E-state index >= 15 is 0 Å². The number of fused-ring (bicyclic) bond motifs is 1. The van der Waals surface area contributed by atoms with Crippen LogP contribution in [0.4, 0.5) is 0 Å². The Labute approximate surface area is 115 Å². The molecule has 1 amide bonds. The van der Waals surface area contributed by atoms with Crippen LogP contribution < -0.4 is 11.1 Å². The number of hydrogen-bond donors (Lipinski definition) is 2. The highest BCUT2D eigenvalue weighted by atomic mass is 35.5. The van der Waals surface area contributed by atoms with Crippen molar-refractivity contribution in [3.8, 4) is 0 Å². The first-order chi connectivity index (χ1) is 8.09. The first-order valence-corrected chi connectivity index (χ1v) is 6.77. The van der Waals surface area contributed by atoms with E-state index in [-0.39, 0.29) is 30.3 Å². The monoisotopic (exact) mass is 276 g/mol. The van der Waals surface area contributed by atoms with Crippen molar-refractivity contribution < 1.29 is 9.53 Å². The zero-order chi connectivity index (χ0) is 12.4. The van der Waals surface area contributed by atoms with Crippen LogP contribution in [-0.4, -0.2) is 30.7 Å². The summed E-state index contributed by atoms with van der Waals surface area (Å²) in [5, 5.41) is 3.17. The molecular weight excluding hydrogens is 252 g/mol. The summed E-state index contributed by atoms with van der Waals surface area (Å²) in [7, 11) is 0. The van der Waals surface area contributed by atoms with E-state index in [2.05, 4.69) is 5.32 Å². The van der Waals surface area contributed by atoms with Crippen LogP contribution in [-0.2, 0) is 9.53 Å². The Hall–Kier alpha value is -0.320. The van der Waals surface area contributed by atoms with Crippen LogP contribution in [0.25, 0.3) is 0 Å². The number of amides is 1. The molecule has 2 rings (SSSR count). The Balaban J connectivity index is 0.00000162. The van der Waals surface area contributed by atoms with E-state index in [0.29, 0.717) is 18.1 Å². The second kappa shape index (κ2) is 6.73. The lowest BCUT2D eigenvalue weighted by Crippen LogP contribution is -2.49. The molecule has 106 valence electrons. The number of halogens is 1. The first kappa shape index (κ1) is 15.7.